The van der Waals surface area contributed by atoms with Gasteiger partial charge < -0.3 is 4.42 Å². The van der Waals surface area contributed by atoms with Crippen molar-refractivity contribution < 1.29 is 4.42 Å². The van der Waals surface area contributed by atoms with Gasteiger partial charge in [-0.1, -0.05) is 6.08 Å². The van der Waals surface area contributed by atoms with Crippen molar-refractivity contribution in [2.75, 3.05) is 0 Å². The van der Waals surface area contributed by atoms with Gasteiger partial charge in [-0.15, -0.1) is 0 Å². The average Bonchev–Trinajstić information content (AvgIpc) is 2.69. The zero-order valence-electron chi connectivity index (χ0n) is 6.79. The minimum Gasteiger partial charge on any atom is -0.451 e. The Bertz CT molecular complexity index is 381. The molecule has 2 heterocycles. The molecule has 13 heavy (non-hydrogen) atoms. The Hall–Kier alpha value is -1.97. The van der Waals surface area contributed by atoms with Gasteiger partial charge in [-0.05, 0) is 17.7 Å². The van der Waals surface area contributed by atoms with E-state index in [4.69, 9.17) is 4.42 Å². The molecule has 0 saturated heterocycles. The number of nitrogens with zero attached hydrogens (tertiary/aromatic N) is 3. The van der Waals surface area contributed by atoms with Crippen molar-refractivity contribution in [3.05, 3.63) is 42.4 Å². The van der Waals surface area contributed by atoms with Crippen LogP contribution in [-0.2, 0) is 0 Å². The second kappa shape index (κ2) is 3.62. The fourth-order valence-corrected chi connectivity index (χ4v) is 0.885. The molecule has 0 spiro atoms. The summed E-state index contributed by atoms with van der Waals surface area (Å²) in [4.78, 5) is 3.94. The normalized spacial score (nSPS) is 10.8. The summed E-state index contributed by atoms with van der Waals surface area (Å²) < 4.78 is 4.81. The maximum absolute atomic E-state index is 4.81. The van der Waals surface area contributed by atoms with Gasteiger partial charge in [0.15, 0.2) is 6.39 Å². The monoisotopic (exact) mass is 173 g/mol. The van der Waals surface area contributed by atoms with E-state index in [9.17, 15) is 0 Å². The lowest BCUT2D eigenvalue weighted by atomic mass is 10.3. The summed E-state index contributed by atoms with van der Waals surface area (Å²) in [5.74, 6) is 0. The van der Waals surface area contributed by atoms with E-state index in [0.717, 1.165) is 11.3 Å². The van der Waals surface area contributed by atoms with E-state index in [2.05, 4.69) is 15.2 Å². The molecule has 2 aromatic heterocycles. The topological polar surface area (TPSA) is 51.8 Å². The molecule has 0 aromatic carbocycles. The maximum Gasteiger partial charge on any atom is 0.181 e. The molecule has 0 saturated carbocycles. The van der Waals surface area contributed by atoms with E-state index in [1.165, 1.54) is 6.39 Å². The van der Waals surface area contributed by atoms with E-state index in [0.29, 0.717) is 0 Å². The summed E-state index contributed by atoms with van der Waals surface area (Å²) >= 11 is 0. The first-order valence-corrected chi connectivity index (χ1v) is 3.78. The molecule has 0 amide bonds. The number of oxazole rings is 1. The molecule has 0 atom stereocenters. The van der Waals surface area contributed by atoms with Crippen LogP contribution in [0, 0.1) is 0 Å². The minimum absolute atomic E-state index is 0.789. The van der Waals surface area contributed by atoms with Crippen LogP contribution >= 0.6 is 0 Å². The quantitative estimate of drug-likeness (QED) is 0.692. The highest BCUT2D eigenvalue weighted by atomic mass is 16.3. The van der Waals surface area contributed by atoms with Crippen LogP contribution < -0.4 is 0 Å². The average molecular weight is 173 g/mol. The molecule has 0 aliphatic heterocycles. The molecular weight excluding hydrogens is 166 g/mol. The Kier molecular flexibility index (Phi) is 2.14. The van der Waals surface area contributed by atoms with Gasteiger partial charge in [0.1, 0.15) is 12.0 Å². The maximum atomic E-state index is 4.81. The third-order valence-electron chi connectivity index (χ3n) is 1.51. The number of hydrogen-bond acceptors (Lipinski definition) is 4. The largest absolute Gasteiger partial charge is 0.451 e. The molecule has 0 bridgehead atoms. The van der Waals surface area contributed by atoms with Crippen LogP contribution in [0.5, 0.6) is 0 Å². The number of hydrogen-bond donors (Lipinski definition) is 0. The van der Waals surface area contributed by atoms with Gasteiger partial charge in [-0.3, -0.25) is 0 Å². The Morgan fingerprint density at radius 2 is 2.23 bits per heavy atom. The predicted octanol–water partition coefficient (Wildman–Crippen LogP) is 1.63. The highest BCUT2D eigenvalue weighted by molar-refractivity contribution is 5.66. The van der Waals surface area contributed by atoms with E-state index < -0.39 is 0 Å². The van der Waals surface area contributed by atoms with Crippen LogP contribution in [0.3, 0.4) is 0 Å². The minimum atomic E-state index is 0.789. The fourth-order valence-electron chi connectivity index (χ4n) is 0.885. The van der Waals surface area contributed by atoms with Gasteiger partial charge in [0.05, 0.1) is 12.4 Å². The second-order valence-corrected chi connectivity index (χ2v) is 2.42. The third kappa shape index (κ3) is 1.99. The Labute approximate surface area is 75.0 Å². The molecule has 0 aliphatic carbocycles. The smallest absolute Gasteiger partial charge is 0.181 e. The fraction of sp³-hybridized carbons (Fsp3) is 0. The number of rotatable bonds is 2. The van der Waals surface area contributed by atoms with Crippen LogP contribution in [0.4, 0.5) is 0 Å². The summed E-state index contributed by atoms with van der Waals surface area (Å²) in [5, 5.41) is 7.41. The molecule has 0 fully saturated rings. The van der Waals surface area contributed by atoms with Crippen LogP contribution in [0.1, 0.15) is 11.3 Å². The lowest BCUT2D eigenvalue weighted by Gasteiger charge is -1.87. The first-order chi connectivity index (χ1) is 6.45. The van der Waals surface area contributed by atoms with Gasteiger partial charge in [0.25, 0.3) is 0 Å². The second-order valence-electron chi connectivity index (χ2n) is 2.42. The first kappa shape index (κ1) is 7.67. The molecule has 0 unspecified atom stereocenters. The lowest BCUT2D eigenvalue weighted by molar-refractivity contribution is 0.557. The van der Waals surface area contributed by atoms with Crippen molar-refractivity contribution in [1.29, 1.82) is 0 Å². The molecule has 0 radical (unpaired) electrons. The predicted molar refractivity (Wildman–Crippen MR) is 47.5 cm³/mol. The SMILES string of the molecule is C(=C\c1cocn1)/c1ccnnc1. The Balaban J connectivity index is 2.15. The zero-order chi connectivity index (χ0) is 8.93. The standard InChI is InChI=1S/C9H7N3O/c1(2-9-6-13-7-10-9)8-3-4-11-12-5-8/h1-7H/b2-1+. The zero-order valence-corrected chi connectivity index (χ0v) is 6.79. The van der Waals surface area contributed by atoms with E-state index in [1.807, 2.05) is 18.2 Å². The van der Waals surface area contributed by atoms with Gasteiger partial charge in [-0.2, -0.15) is 10.2 Å². The molecular formula is C9H7N3O. The van der Waals surface area contributed by atoms with Crippen LogP contribution in [0.25, 0.3) is 12.2 Å². The lowest BCUT2D eigenvalue weighted by Crippen LogP contribution is -1.78. The molecule has 0 N–H and O–H groups in total. The van der Waals surface area contributed by atoms with Crippen LogP contribution in [0.2, 0.25) is 0 Å². The summed E-state index contributed by atoms with van der Waals surface area (Å²) in [5.41, 5.74) is 1.77. The van der Waals surface area contributed by atoms with E-state index in [-0.39, 0.29) is 0 Å². The van der Waals surface area contributed by atoms with E-state index >= 15 is 0 Å². The Morgan fingerprint density at radius 3 is 2.92 bits per heavy atom. The van der Waals surface area contributed by atoms with Crippen molar-refractivity contribution in [1.82, 2.24) is 15.2 Å². The van der Waals surface area contributed by atoms with Crippen LogP contribution in [0.15, 0.2) is 35.5 Å². The molecule has 4 nitrogen and oxygen atoms in total. The molecule has 4 heteroatoms. The molecule has 2 aromatic rings. The van der Waals surface area contributed by atoms with Crippen LogP contribution in [-0.4, -0.2) is 15.2 Å². The van der Waals surface area contributed by atoms with Gasteiger partial charge in [-0.25, -0.2) is 4.98 Å². The first-order valence-electron chi connectivity index (χ1n) is 3.78. The van der Waals surface area contributed by atoms with E-state index in [1.54, 1.807) is 18.7 Å². The summed E-state index contributed by atoms with van der Waals surface area (Å²) in [7, 11) is 0. The molecule has 0 aliphatic rings. The highest BCUT2D eigenvalue weighted by Gasteiger charge is 1.88. The van der Waals surface area contributed by atoms with Gasteiger partial charge in [0.2, 0.25) is 0 Å². The highest BCUT2D eigenvalue weighted by Crippen LogP contribution is 2.03. The van der Waals surface area contributed by atoms with Crippen molar-refractivity contribution in [3.8, 4) is 0 Å². The molecule has 64 valence electrons. The summed E-state index contributed by atoms with van der Waals surface area (Å²) in [6.45, 7) is 0. The number of aromatic nitrogens is 3. The van der Waals surface area contributed by atoms with Crippen molar-refractivity contribution in [2.45, 2.75) is 0 Å². The van der Waals surface area contributed by atoms with Crippen molar-refractivity contribution in [2.24, 2.45) is 0 Å². The molecule has 2 rings (SSSR count). The third-order valence-corrected chi connectivity index (χ3v) is 1.51. The summed E-state index contributed by atoms with van der Waals surface area (Å²) in [6.07, 6.45) is 10.0. The summed E-state index contributed by atoms with van der Waals surface area (Å²) in [6, 6.07) is 1.86. The van der Waals surface area contributed by atoms with Gasteiger partial charge in [0, 0.05) is 0 Å². The van der Waals surface area contributed by atoms with Gasteiger partial charge >= 0.3 is 0 Å². The Morgan fingerprint density at radius 1 is 1.23 bits per heavy atom. The van der Waals surface area contributed by atoms with Crippen molar-refractivity contribution in [3.63, 3.8) is 0 Å². The van der Waals surface area contributed by atoms with Crippen molar-refractivity contribution >= 4 is 12.2 Å².